The number of aryl methyl sites for hydroxylation is 1. The minimum Gasteiger partial charge on any atom is -0.406 e. The normalized spacial score (nSPS) is 11.2. The van der Waals surface area contributed by atoms with Crippen LogP contribution in [0.2, 0.25) is 0 Å². The van der Waals surface area contributed by atoms with E-state index in [1.807, 2.05) is 6.92 Å². The largest absolute Gasteiger partial charge is 0.573 e. The molecule has 0 spiro atoms. The van der Waals surface area contributed by atoms with Gasteiger partial charge in [-0.2, -0.15) is 5.10 Å². The molecule has 0 fully saturated rings. The number of aromatic nitrogens is 2. The van der Waals surface area contributed by atoms with Crippen molar-refractivity contribution in [2.24, 2.45) is 0 Å². The molecule has 0 N–H and O–H groups in total. The summed E-state index contributed by atoms with van der Waals surface area (Å²) in [5.74, 6) is -0.292. The Labute approximate surface area is 170 Å². The van der Waals surface area contributed by atoms with Gasteiger partial charge in [0.2, 0.25) is 0 Å². The van der Waals surface area contributed by atoms with Crippen molar-refractivity contribution in [3.05, 3.63) is 65.7 Å². The van der Waals surface area contributed by atoms with Crippen molar-refractivity contribution in [2.75, 3.05) is 11.9 Å². The molecule has 30 heavy (non-hydrogen) atoms. The number of hydrogen-bond donors (Lipinski definition) is 0. The van der Waals surface area contributed by atoms with Gasteiger partial charge in [-0.15, -0.1) is 13.2 Å². The number of alkyl halides is 3. The molecule has 0 radical (unpaired) electrons. The van der Waals surface area contributed by atoms with Crippen LogP contribution in [0.3, 0.4) is 0 Å². The van der Waals surface area contributed by atoms with Crippen molar-refractivity contribution in [2.45, 2.75) is 19.8 Å². The highest BCUT2D eigenvalue weighted by molar-refractivity contribution is 6.05. The minimum absolute atomic E-state index is 0.202. The Balaban J connectivity index is 1.84. The molecule has 1 amide bonds. The molecule has 0 unspecified atom stereocenters. The van der Waals surface area contributed by atoms with Gasteiger partial charge >= 0.3 is 6.36 Å². The molecule has 1 aromatic heterocycles. The van der Waals surface area contributed by atoms with Crippen LogP contribution in [0.4, 0.5) is 19.0 Å². The highest BCUT2D eigenvalue weighted by atomic mass is 19.4. The molecule has 0 saturated heterocycles. The Hall–Kier alpha value is -3.62. The lowest BCUT2D eigenvalue weighted by atomic mass is 10.1. The zero-order chi connectivity index (χ0) is 21.9. The van der Waals surface area contributed by atoms with Gasteiger partial charge in [0.15, 0.2) is 0 Å². The van der Waals surface area contributed by atoms with Gasteiger partial charge in [-0.1, -0.05) is 24.3 Å². The molecular formula is C21H18F3N3O3. The lowest BCUT2D eigenvalue weighted by Gasteiger charge is -2.18. The fourth-order valence-electron chi connectivity index (χ4n) is 2.88. The van der Waals surface area contributed by atoms with Crippen molar-refractivity contribution < 1.29 is 27.5 Å². The van der Waals surface area contributed by atoms with Gasteiger partial charge in [0.25, 0.3) is 5.91 Å². The lowest BCUT2D eigenvalue weighted by Crippen LogP contribution is -2.28. The van der Waals surface area contributed by atoms with E-state index in [9.17, 15) is 22.8 Å². The van der Waals surface area contributed by atoms with Crippen LogP contribution in [0.5, 0.6) is 5.75 Å². The van der Waals surface area contributed by atoms with Crippen molar-refractivity contribution in [3.63, 3.8) is 0 Å². The average Bonchev–Trinajstić information content (AvgIpc) is 3.16. The number of ether oxygens (including phenoxy) is 1. The molecule has 2 aromatic carbocycles. The molecule has 0 aliphatic carbocycles. The predicted octanol–water partition coefficient (Wildman–Crippen LogP) is 4.56. The van der Waals surface area contributed by atoms with Crippen LogP contribution in [0.15, 0.2) is 54.6 Å². The van der Waals surface area contributed by atoms with Crippen LogP contribution in [-0.4, -0.2) is 35.4 Å². The van der Waals surface area contributed by atoms with E-state index < -0.39 is 18.0 Å². The number of halogens is 3. The zero-order valence-electron chi connectivity index (χ0n) is 16.2. The summed E-state index contributed by atoms with van der Waals surface area (Å²) < 4.78 is 42.3. The van der Waals surface area contributed by atoms with Crippen LogP contribution in [0.25, 0.3) is 11.3 Å². The fraction of sp³-hybridized carbons (Fsp3) is 0.190. The van der Waals surface area contributed by atoms with E-state index in [0.29, 0.717) is 23.6 Å². The molecule has 6 nitrogen and oxygen atoms in total. The Kier molecular flexibility index (Phi) is 5.91. The molecule has 3 rings (SSSR count). The molecular weight excluding hydrogens is 399 g/mol. The quantitative estimate of drug-likeness (QED) is 0.552. The van der Waals surface area contributed by atoms with E-state index >= 15 is 0 Å². The van der Waals surface area contributed by atoms with Gasteiger partial charge in [0.05, 0.1) is 5.69 Å². The van der Waals surface area contributed by atoms with E-state index in [4.69, 9.17) is 0 Å². The van der Waals surface area contributed by atoms with Crippen LogP contribution in [0, 0.1) is 0 Å². The fourth-order valence-corrected chi connectivity index (χ4v) is 2.88. The number of amides is 1. The molecule has 9 heteroatoms. The summed E-state index contributed by atoms with van der Waals surface area (Å²) in [6.45, 7) is 2.37. The Morgan fingerprint density at radius 1 is 1.13 bits per heavy atom. The lowest BCUT2D eigenvalue weighted by molar-refractivity contribution is -0.274. The maximum Gasteiger partial charge on any atom is 0.573 e. The van der Waals surface area contributed by atoms with E-state index in [1.165, 1.54) is 17.0 Å². The number of nitrogens with zero attached hydrogens (tertiary/aromatic N) is 3. The van der Waals surface area contributed by atoms with E-state index in [-0.39, 0.29) is 5.56 Å². The second-order valence-electron chi connectivity index (χ2n) is 6.38. The van der Waals surface area contributed by atoms with Crippen LogP contribution >= 0.6 is 0 Å². The van der Waals surface area contributed by atoms with Gasteiger partial charge in [0, 0.05) is 36.3 Å². The van der Waals surface area contributed by atoms with Gasteiger partial charge < -0.3 is 4.74 Å². The van der Waals surface area contributed by atoms with Gasteiger partial charge in [-0.25, -0.2) is 4.68 Å². The van der Waals surface area contributed by atoms with E-state index in [0.717, 1.165) is 24.0 Å². The molecule has 0 atom stereocenters. The SMILES string of the molecule is CCn1nc(-c2ccc(C=O)cc2)cc1N(C)C(=O)c1ccc(OC(F)(F)F)cc1. The average molecular weight is 417 g/mol. The van der Waals surface area contributed by atoms with E-state index in [1.54, 1.807) is 42.1 Å². The maximum absolute atomic E-state index is 12.8. The predicted molar refractivity (Wildman–Crippen MR) is 105 cm³/mol. The first-order valence-corrected chi connectivity index (χ1v) is 8.99. The first kappa shape index (κ1) is 21.1. The van der Waals surface area contributed by atoms with Crippen molar-refractivity contribution >= 4 is 18.0 Å². The summed E-state index contributed by atoms with van der Waals surface area (Å²) in [5.41, 5.74) is 2.15. The first-order valence-electron chi connectivity index (χ1n) is 8.99. The number of aldehydes is 1. The summed E-state index contributed by atoms with van der Waals surface area (Å²) in [5, 5.41) is 4.50. The van der Waals surface area contributed by atoms with Gasteiger partial charge in [-0.05, 0) is 31.2 Å². The Morgan fingerprint density at radius 2 is 1.77 bits per heavy atom. The number of rotatable bonds is 6. The summed E-state index contributed by atoms with van der Waals surface area (Å²) in [6.07, 6.45) is -4.05. The summed E-state index contributed by atoms with van der Waals surface area (Å²) in [4.78, 5) is 25.0. The number of carbonyl (C=O) groups is 2. The second-order valence-corrected chi connectivity index (χ2v) is 6.38. The zero-order valence-corrected chi connectivity index (χ0v) is 16.2. The van der Waals surface area contributed by atoms with Gasteiger partial charge in [0.1, 0.15) is 17.9 Å². The highest BCUT2D eigenvalue weighted by Gasteiger charge is 2.31. The molecule has 0 aliphatic heterocycles. The van der Waals surface area contributed by atoms with Crippen LogP contribution < -0.4 is 9.64 Å². The smallest absolute Gasteiger partial charge is 0.406 e. The number of carbonyl (C=O) groups excluding carboxylic acids is 2. The number of hydrogen-bond acceptors (Lipinski definition) is 4. The van der Waals surface area contributed by atoms with Crippen molar-refractivity contribution in [1.29, 1.82) is 0 Å². The van der Waals surface area contributed by atoms with Gasteiger partial charge in [-0.3, -0.25) is 14.5 Å². The van der Waals surface area contributed by atoms with Crippen LogP contribution in [-0.2, 0) is 6.54 Å². The summed E-state index contributed by atoms with van der Waals surface area (Å²) >= 11 is 0. The third-order valence-electron chi connectivity index (χ3n) is 4.38. The Morgan fingerprint density at radius 3 is 2.30 bits per heavy atom. The summed E-state index contributed by atoms with van der Waals surface area (Å²) in [7, 11) is 1.56. The molecule has 0 bridgehead atoms. The third-order valence-corrected chi connectivity index (χ3v) is 4.38. The van der Waals surface area contributed by atoms with Crippen LogP contribution in [0.1, 0.15) is 27.6 Å². The third kappa shape index (κ3) is 4.68. The standard InChI is InChI=1S/C21H18F3N3O3/c1-3-27-19(12-18(25-27)15-6-4-14(13-28)5-7-15)26(2)20(29)16-8-10-17(11-9-16)30-21(22,23)24/h4-13H,3H2,1-2H3. The van der Waals surface area contributed by atoms with E-state index in [2.05, 4.69) is 9.84 Å². The monoisotopic (exact) mass is 417 g/mol. The topological polar surface area (TPSA) is 64.4 Å². The first-order chi connectivity index (χ1) is 14.2. The number of anilines is 1. The molecule has 156 valence electrons. The molecule has 0 aliphatic rings. The van der Waals surface area contributed by atoms with Crippen molar-refractivity contribution in [3.8, 4) is 17.0 Å². The Bertz CT molecular complexity index is 1040. The molecule has 0 saturated carbocycles. The van der Waals surface area contributed by atoms with Crippen molar-refractivity contribution in [1.82, 2.24) is 9.78 Å². The second kappa shape index (κ2) is 8.40. The number of benzene rings is 2. The highest BCUT2D eigenvalue weighted by Crippen LogP contribution is 2.26. The maximum atomic E-state index is 12.8. The minimum atomic E-state index is -4.80. The molecule has 3 aromatic rings. The summed E-state index contributed by atoms with van der Waals surface area (Å²) in [6, 6.07) is 13.3. The molecule has 1 heterocycles.